The Morgan fingerprint density at radius 2 is 2.23 bits per heavy atom. The van der Waals surface area contributed by atoms with Crippen LogP contribution in [0.3, 0.4) is 0 Å². The van der Waals surface area contributed by atoms with Crippen LogP contribution in [0.2, 0.25) is 0 Å². The summed E-state index contributed by atoms with van der Waals surface area (Å²) in [7, 11) is 1.30. The van der Waals surface area contributed by atoms with Crippen molar-refractivity contribution in [2.24, 2.45) is 5.92 Å². The van der Waals surface area contributed by atoms with Crippen molar-refractivity contribution >= 4 is 11.8 Å². The lowest BCUT2D eigenvalue weighted by Gasteiger charge is -2.33. The average molecular weight is 185 g/mol. The summed E-state index contributed by atoms with van der Waals surface area (Å²) in [6.45, 7) is 4.27. The second-order valence-electron chi connectivity index (χ2n) is 3.98. The molecule has 1 saturated heterocycles. The summed E-state index contributed by atoms with van der Waals surface area (Å²) in [5.41, 5.74) is -0.193. The van der Waals surface area contributed by atoms with Gasteiger partial charge in [0.25, 0.3) is 0 Å². The third kappa shape index (κ3) is 2.28. The zero-order valence-corrected chi connectivity index (χ0v) is 8.22. The lowest BCUT2D eigenvalue weighted by Crippen LogP contribution is -2.53. The lowest BCUT2D eigenvalue weighted by atomic mass is 9.86. The summed E-state index contributed by atoms with van der Waals surface area (Å²) < 4.78 is 4.53. The Morgan fingerprint density at radius 3 is 2.69 bits per heavy atom. The fraction of sp³-hybridized carbons (Fsp3) is 0.778. The summed E-state index contributed by atoms with van der Waals surface area (Å²) in [6.07, 6.45) is 0.382. The van der Waals surface area contributed by atoms with Crippen LogP contribution in [0.15, 0.2) is 0 Å². The third-order valence-corrected chi connectivity index (χ3v) is 2.28. The highest BCUT2D eigenvalue weighted by Gasteiger charge is 2.37. The van der Waals surface area contributed by atoms with E-state index in [1.807, 2.05) is 13.8 Å². The van der Waals surface area contributed by atoms with Crippen molar-refractivity contribution in [1.82, 2.24) is 5.32 Å². The van der Waals surface area contributed by atoms with Crippen LogP contribution >= 0.6 is 0 Å². The highest BCUT2D eigenvalue weighted by molar-refractivity contribution is 6.00. The summed E-state index contributed by atoms with van der Waals surface area (Å²) in [5.74, 6) is -1.08. The van der Waals surface area contributed by atoms with E-state index >= 15 is 0 Å². The van der Waals surface area contributed by atoms with E-state index in [1.54, 1.807) is 0 Å². The van der Waals surface area contributed by atoms with Gasteiger partial charge < -0.3 is 10.1 Å². The zero-order valence-electron chi connectivity index (χ0n) is 8.22. The first-order valence-electron chi connectivity index (χ1n) is 4.32. The van der Waals surface area contributed by atoms with Gasteiger partial charge in [0.15, 0.2) is 0 Å². The van der Waals surface area contributed by atoms with Gasteiger partial charge in [-0.15, -0.1) is 0 Å². The van der Waals surface area contributed by atoms with E-state index in [0.29, 0.717) is 13.0 Å². The van der Waals surface area contributed by atoms with Crippen molar-refractivity contribution in [3.05, 3.63) is 0 Å². The number of Topliss-reactive ketones (excluding diaryl/α,β-unsaturated/α-hetero) is 1. The number of methoxy groups -OCH3 is 1. The molecule has 1 N–H and O–H groups in total. The van der Waals surface area contributed by atoms with Crippen LogP contribution < -0.4 is 5.32 Å². The Kier molecular flexibility index (Phi) is 2.71. The van der Waals surface area contributed by atoms with Gasteiger partial charge in [-0.3, -0.25) is 9.59 Å². The van der Waals surface area contributed by atoms with Crippen LogP contribution in [0, 0.1) is 5.92 Å². The van der Waals surface area contributed by atoms with E-state index in [1.165, 1.54) is 7.11 Å². The number of ketones is 1. The maximum Gasteiger partial charge on any atom is 0.317 e. The summed E-state index contributed by atoms with van der Waals surface area (Å²) in [6, 6.07) is 0. The van der Waals surface area contributed by atoms with E-state index in [9.17, 15) is 9.59 Å². The molecule has 13 heavy (non-hydrogen) atoms. The highest BCUT2D eigenvalue weighted by atomic mass is 16.5. The van der Waals surface area contributed by atoms with E-state index in [2.05, 4.69) is 10.1 Å². The maximum atomic E-state index is 11.5. The van der Waals surface area contributed by atoms with E-state index < -0.39 is 11.9 Å². The van der Waals surface area contributed by atoms with Crippen LogP contribution in [0.25, 0.3) is 0 Å². The average Bonchev–Trinajstić information content (AvgIpc) is 2.01. The fourth-order valence-corrected chi connectivity index (χ4v) is 1.47. The molecule has 0 radical (unpaired) electrons. The van der Waals surface area contributed by atoms with Crippen molar-refractivity contribution in [3.8, 4) is 0 Å². The summed E-state index contributed by atoms with van der Waals surface area (Å²) >= 11 is 0. The van der Waals surface area contributed by atoms with E-state index in [-0.39, 0.29) is 11.3 Å². The van der Waals surface area contributed by atoms with Crippen LogP contribution in [-0.2, 0) is 14.3 Å². The van der Waals surface area contributed by atoms with Gasteiger partial charge in [0.05, 0.1) is 7.11 Å². The van der Waals surface area contributed by atoms with E-state index in [4.69, 9.17) is 0 Å². The summed E-state index contributed by atoms with van der Waals surface area (Å²) in [4.78, 5) is 22.6. The largest absolute Gasteiger partial charge is 0.468 e. The predicted molar refractivity (Wildman–Crippen MR) is 47.2 cm³/mol. The SMILES string of the molecule is COC(=O)C1CNC(C)(C)CC1=O. The number of piperidine rings is 1. The molecule has 4 heteroatoms. The Morgan fingerprint density at radius 1 is 1.62 bits per heavy atom. The van der Waals surface area contributed by atoms with Gasteiger partial charge in [-0.2, -0.15) is 0 Å². The minimum Gasteiger partial charge on any atom is -0.468 e. The molecule has 1 aliphatic heterocycles. The maximum absolute atomic E-state index is 11.5. The minimum absolute atomic E-state index is 0.0319. The highest BCUT2D eigenvalue weighted by Crippen LogP contribution is 2.19. The number of rotatable bonds is 1. The van der Waals surface area contributed by atoms with Crippen molar-refractivity contribution < 1.29 is 14.3 Å². The molecule has 1 aliphatic rings. The van der Waals surface area contributed by atoms with Crippen LogP contribution in [-0.4, -0.2) is 30.9 Å². The Bertz CT molecular complexity index is 235. The monoisotopic (exact) mass is 185 g/mol. The first kappa shape index (κ1) is 10.2. The smallest absolute Gasteiger partial charge is 0.317 e. The molecule has 4 nitrogen and oxygen atoms in total. The molecule has 1 heterocycles. The number of hydrogen-bond acceptors (Lipinski definition) is 4. The Labute approximate surface area is 77.6 Å². The molecule has 1 rings (SSSR count). The Hall–Kier alpha value is -0.900. The van der Waals surface area contributed by atoms with E-state index in [0.717, 1.165) is 0 Å². The molecule has 0 aromatic heterocycles. The number of esters is 1. The van der Waals surface area contributed by atoms with Crippen LogP contribution in [0.1, 0.15) is 20.3 Å². The molecular formula is C9H15NO3. The van der Waals surface area contributed by atoms with Gasteiger partial charge in [0.2, 0.25) is 0 Å². The molecule has 1 unspecified atom stereocenters. The molecule has 0 amide bonds. The van der Waals surface area contributed by atoms with Gasteiger partial charge >= 0.3 is 5.97 Å². The molecule has 0 spiro atoms. The Balaban J connectivity index is 2.64. The van der Waals surface area contributed by atoms with Gasteiger partial charge in [0.1, 0.15) is 11.7 Å². The number of nitrogens with one attached hydrogen (secondary N) is 1. The first-order valence-corrected chi connectivity index (χ1v) is 4.32. The van der Waals surface area contributed by atoms with Crippen LogP contribution in [0.5, 0.6) is 0 Å². The molecule has 0 aromatic rings. The second-order valence-corrected chi connectivity index (χ2v) is 3.98. The molecule has 0 aliphatic carbocycles. The number of carbonyl (C=O) groups excluding carboxylic acids is 2. The quantitative estimate of drug-likeness (QED) is 0.465. The molecule has 0 aromatic carbocycles. The lowest BCUT2D eigenvalue weighted by molar-refractivity contribution is -0.150. The van der Waals surface area contributed by atoms with Crippen molar-refractivity contribution in [2.45, 2.75) is 25.8 Å². The van der Waals surface area contributed by atoms with Crippen molar-refractivity contribution in [1.29, 1.82) is 0 Å². The predicted octanol–water partition coefficient (Wildman–Crippen LogP) is 0.117. The standard InChI is InChI=1S/C9H15NO3/c1-9(2)4-7(11)6(5-10-9)8(12)13-3/h6,10H,4-5H2,1-3H3. The molecule has 1 fully saturated rings. The first-order chi connectivity index (χ1) is 5.96. The van der Waals surface area contributed by atoms with Gasteiger partial charge in [-0.1, -0.05) is 0 Å². The molecule has 0 bridgehead atoms. The number of carbonyl (C=O) groups is 2. The molecule has 1 atom stereocenters. The van der Waals surface area contributed by atoms with Gasteiger partial charge in [0, 0.05) is 18.5 Å². The molecular weight excluding hydrogens is 170 g/mol. The topological polar surface area (TPSA) is 55.4 Å². The molecule has 74 valence electrons. The van der Waals surface area contributed by atoms with Gasteiger partial charge in [-0.05, 0) is 13.8 Å². The third-order valence-electron chi connectivity index (χ3n) is 2.28. The molecule has 0 saturated carbocycles. The zero-order chi connectivity index (χ0) is 10.1. The van der Waals surface area contributed by atoms with Crippen LogP contribution in [0.4, 0.5) is 0 Å². The minimum atomic E-state index is -0.613. The summed E-state index contributed by atoms with van der Waals surface area (Å²) in [5, 5.41) is 3.13. The van der Waals surface area contributed by atoms with Crippen molar-refractivity contribution in [3.63, 3.8) is 0 Å². The normalized spacial score (nSPS) is 27.0. The van der Waals surface area contributed by atoms with Gasteiger partial charge in [-0.25, -0.2) is 0 Å². The van der Waals surface area contributed by atoms with Crippen molar-refractivity contribution in [2.75, 3.05) is 13.7 Å². The second kappa shape index (κ2) is 3.46. The number of hydrogen-bond donors (Lipinski definition) is 1. The number of ether oxygens (including phenoxy) is 1. The fourth-order valence-electron chi connectivity index (χ4n) is 1.47.